The van der Waals surface area contributed by atoms with E-state index in [4.69, 9.17) is 0 Å². The lowest BCUT2D eigenvalue weighted by molar-refractivity contribution is 0.111. The molecule has 0 radical (unpaired) electrons. The zero-order valence-electron chi connectivity index (χ0n) is 14.3. The van der Waals surface area contributed by atoms with Gasteiger partial charge in [-0.25, -0.2) is 0 Å². The Balaban J connectivity index is 1.83. The minimum Gasteiger partial charge on any atom is -0.306 e. The van der Waals surface area contributed by atoms with Crippen LogP contribution in [0.3, 0.4) is 0 Å². The van der Waals surface area contributed by atoms with Crippen LogP contribution < -0.4 is 5.32 Å². The van der Waals surface area contributed by atoms with Crippen molar-refractivity contribution in [3.05, 3.63) is 35.9 Å². The van der Waals surface area contributed by atoms with Crippen LogP contribution in [0.25, 0.3) is 0 Å². The van der Waals surface area contributed by atoms with E-state index in [0.717, 1.165) is 5.92 Å². The largest absolute Gasteiger partial charge is 0.306 e. The summed E-state index contributed by atoms with van der Waals surface area (Å²) in [6, 6.07) is 12.1. The first kappa shape index (κ1) is 15.1. The van der Waals surface area contributed by atoms with Crippen LogP contribution in [0.5, 0.6) is 0 Å². The van der Waals surface area contributed by atoms with Crippen LogP contribution in [-0.2, 0) is 0 Å². The number of hydrogen-bond donors (Lipinski definition) is 1. The summed E-state index contributed by atoms with van der Waals surface area (Å²) in [5, 5.41) is 4.06. The van der Waals surface area contributed by atoms with Gasteiger partial charge in [-0.05, 0) is 47.5 Å². The summed E-state index contributed by atoms with van der Waals surface area (Å²) in [6.07, 6.45) is 4.18. The van der Waals surface area contributed by atoms with Crippen LogP contribution >= 0.6 is 0 Å². The van der Waals surface area contributed by atoms with Gasteiger partial charge in [0, 0.05) is 12.1 Å². The number of nitrogens with one attached hydrogen (secondary N) is 1. The van der Waals surface area contributed by atoms with E-state index in [9.17, 15) is 0 Å². The Morgan fingerprint density at radius 3 is 2.24 bits per heavy atom. The SMILES string of the molecule is CC(C)C(NC1CC2CCC1(C)C2(C)C)c1ccccc1. The molecule has 2 fully saturated rings. The smallest absolute Gasteiger partial charge is 0.0346 e. The summed E-state index contributed by atoms with van der Waals surface area (Å²) in [5.74, 6) is 1.53. The molecule has 4 atom stereocenters. The van der Waals surface area contributed by atoms with E-state index in [1.807, 2.05) is 0 Å². The van der Waals surface area contributed by atoms with Crippen LogP contribution in [0.15, 0.2) is 30.3 Å². The zero-order chi connectivity index (χ0) is 15.3. The number of rotatable bonds is 4. The summed E-state index contributed by atoms with van der Waals surface area (Å²) in [7, 11) is 0. The quantitative estimate of drug-likeness (QED) is 0.803. The second-order valence-corrected chi connectivity index (χ2v) is 8.46. The Morgan fingerprint density at radius 2 is 1.76 bits per heavy atom. The van der Waals surface area contributed by atoms with Crippen molar-refractivity contribution in [2.75, 3.05) is 0 Å². The van der Waals surface area contributed by atoms with Crippen LogP contribution in [-0.4, -0.2) is 6.04 Å². The highest BCUT2D eigenvalue weighted by Gasteiger charge is 2.61. The number of benzene rings is 1. The van der Waals surface area contributed by atoms with Gasteiger partial charge in [0.25, 0.3) is 0 Å². The molecule has 4 unspecified atom stereocenters. The van der Waals surface area contributed by atoms with Crippen molar-refractivity contribution >= 4 is 0 Å². The van der Waals surface area contributed by atoms with Crippen molar-refractivity contribution in [3.8, 4) is 0 Å². The van der Waals surface area contributed by atoms with E-state index >= 15 is 0 Å². The third-order valence-corrected chi connectivity index (χ3v) is 7.00. The molecule has 0 heterocycles. The average molecular weight is 285 g/mol. The van der Waals surface area contributed by atoms with Gasteiger partial charge in [-0.1, -0.05) is 65.0 Å². The molecule has 116 valence electrons. The molecule has 1 aromatic rings. The van der Waals surface area contributed by atoms with Gasteiger partial charge in [0.1, 0.15) is 0 Å². The molecular formula is C20H31N. The monoisotopic (exact) mass is 285 g/mol. The van der Waals surface area contributed by atoms with Crippen LogP contribution in [0, 0.1) is 22.7 Å². The molecule has 0 aliphatic heterocycles. The van der Waals surface area contributed by atoms with E-state index in [-0.39, 0.29) is 0 Å². The van der Waals surface area contributed by atoms with Gasteiger partial charge in [-0.3, -0.25) is 0 Å². The van der Waals surface area contributed by atoms with Gasteiger partial charge in [0.2, 0.25) is 0 Å². The highest BCUT2D eigenvalue weighted by molar-refractivity contribution is 5.21. The molecule has 1 heteroatoms. The molecule has 0 spiro atoms. The zero-order valence-corrected chi connectivity index (χ0v) is 14.3. The minimum absolute atomic E-state index is 0.458. The fourth-order valence-corrected chi connectivity index (χ4v) is 5.01. The van der Waals surface area contributed by atoms with Crippen molar-refractivity contribution in [2.24, 2.45) is 22.7 Å². The fraction of sp³-hybridized carbons (Fsp3) is 0.700. The first-order chi connectivity index (χ1) is 9.86. The summed E-state index contributed by atoms with van der Waals surface area (Å²) >= 11 is 0. The second kappa shape index (κ2) is 5.12. The highest BCUT2D eigenvalue weighted by Crippen LogP contribution is 2.65. The van der Waals surface area contributed by atoms with E-state index in [1.165, 1.54) is 24.8 Å². The first-order valence-corrected chi connectivity index (χ1v) is 8.67. The number of hydrogen-bond acceptors (Lipinski definition) is 1. The molecular weight excluding hydrogens is 254 g/mol. The standard InChI is InChI=1S/C20H31N/c1-14(2)18(15-9-7-6-8-10-15)21-17-13-16-11-12-20(17,5)19(16,3)4/h6-10,14,16-18,21H,11-13H2,1-5H3. The van der Waals surface area contributed by atoms with Crippen LogP contribution in [0.2, 0.25) is 0 Å². The average Bonchev–Trinajstić information content (AvgIpc) is 2.78. The third-order valence-electron chi connectivity index (χ3n) is 7.00. The molecule has 0 amide bonds. The van der Waals surface area contributed by atoms with Crippen molar-refractivity contribution in [1.29, 1.82) is 0 Å². The maximum Gasteiger partial charge on any atom is 0.0346 e. The van der Waals surface area contributed by atoms with Gasteiger partial charge >= 0.3 is 0 Å². The maximum absolute atomic E-state index is 4.06. The predicted octanol–water partition coefficient (Wildman–Crippen LogP) is 5.19. The fourth-order valence-electron chi connectivity index (χ4n) is 5.01. The lowest BCUT2D eigenvalue weighted by Gasteiger charge is -2.42. The third kappa shape index (κ3) is 2.25. The van der Waals surface area contributed by atoms with Crippen molar-refractivity contribution < 1.29 is 0 Å². The molecule has 0 aromatic heterocycles. The highest BCUT2D eigenvalue weighted by atomic mass is 15.0. The molecule has 21 heavy (non-hydrogen) atoms. The topological polar surface area (TPSA) is 12.0 Å². The summed E-state index contributed by atoms with van der Waals surface area (Å²) in [4.78, 5) is 0. The van der Waals surface area contributed by atoms with E-state index in [0.29, 0.717) is 28.8 Å². The molecule has 1 aromatic carbocycles. The molecule has 1 N–H and O–H groups in total. The first-order valence-electron chi connectivity index (χ1n) is 8.67. The van der Waals surface area contributed by atoms with Gasteiger partial charge in [-0.2, -0.15) is 0 Å². The van der Waals surface area contributed by atoms with Crippen LogP contribution in [0.4, 0.5) is 0 Å². The molecule has 0 saturated heterocycles. The van der Waals surface area contributed by atoms with Gasteiger partial charge in [0.05, 0.1) is 0 Å². The summed E-state index contributed by atoms with van der Waals surface area (Å²) in [5.41, 5.74) is 2.39. The molecule has 2 aliphatic rings. The van der Waals surface area contributed by atoms with E-state index in [2.05, 4.69) is 70.3 Å². The van der Waals surface area contributed by atoms with E-state index in [1.54, 1.807) is 0 Å². The Kier molecular flexibility index (Phi) is 3.68. The van der Waals surface area contributed by atoms with E-state index < -0.39 is 0 Å². The second-order valence-electron chi connectivity index (χ2n) is 8.46. The number of fused-ring (bicyclic) bond motifs is 2. The lowest BCUT2D eigenvalue weighted by atomic mass is 9.69. The lowest BCUT2D eigenvalue weighted by Crippen LogP contribution is -2.46. The summed E-state index contributed by atoms with van der Waals surface area (Å²) < 4.78 is 0. The Morgan fingerprint density at radius 1 is 1.10 bits per heavy atom. The van der Waals surface area contributed by atoms with Crippen molar-refractivity contribution in [2.45, 2.75) is 66.0 Å². The summed E-state index contributed by atoms with van der Waals surface area (Å²) in [6.45, 7) is 12.2. The van der Waals surface area contributed by atoms with Crippen molar-refractivity contribution in [1.82, 2.24) is 5.32 Å². The Labute approximate surface area is 130 Å². The van der Waals surface area contributed by atoms with Gasteiger partial charge < -0.3 is 5.32 Å². The molecule has 1 nitrogen and oxygen atoms in total. The van der Waals surface area contributed by atoms with Gasteiger partial charge in [-0.15, -0.1) is 0 Å². The molecule has 3 rings (SSSR count). The van der Waals surface area contributed by atoms with Crippen LogP contribution in [0.1, 0.15) is 65.5 Å². The Bertz CT molecular complexity index is 490. The molecule has 2 saturated carbocycles. The normalized spacial score (nSPS) is 35.3. The predicted molar refractivity (Wildman–Crippen MR) is 90.2 cm³/mol. The maximum atomic E-state index is 4.06. The molecule has 2 aliphatic carbocycles. The van der Waals surface area contributed by atoms with Gasteiger partial charge in [0.15, 0.2) is 0 Å². The minimum atomic E-state index is 0.458. The van der Waals surface area contributed by atoms with Crippen molar-refractivity contribution in [3.63, 3.8) is 0 Å². The Hall–Kier alpha value is -0.820. The molecule has 2 bridgehead atoms.